The molecule has 2 aromatic rings. The molecule has 0 aliphatic carbocycles. The van der Waals surface area contributed by atoms with Crippen LogP contribution in [-0.4, -0.2) is 27.6 Å². The number of nitrogens with zero attached hydrogens (tertiary/aromatic N) is 3. The molecule has 8 nitrogen and oxygen atoms in total. The van der Waals surface area contributed by atoms with Crippen LogP contribution in [0.15, 0.2) is 59.2 Å². The largest absolute Gasteiger partial charge is 0.478 e. The van der Waals surface area contributed by atoms with Crippen molar-refractivity contribution in [2.24, 2.45) is 11.0 Å². The maximum absolute atomic E-state index is 13.1. The molecule has 1 atom stereocenters. The van der Waals surface area contributed by atoms with E-state index in [1.165, 1.54) is 54.6 Å². The summed E-state index contributed by atoms with van der Waals surface area (Å²) in [4.78, 5) is 34.6. The molecule has 0 radical (unpaired) electrons. The first kappa shape index (κ1) is 19.9. The number of hydrogen-bond donors (Lipinski definition) is 1. The van der Waals surface area contributed by atoms with Crippen molar-refractivity contribution in [1.29, 1.82) is 0 Å². The highest BCUT2D eigenvalue weighted by atomic mass is 19.1. The highest BCUT2D eigenvalue weighted by Gasteiger charge is 2.35. The fourth-order valence-electron chi connectivity index (χ4n) is 2.93. The van der Waals surface area contributed by atoms with Crippen molar-refractivity contribution in [2.45, 2.75) is 13.3 Å². The SMILES string of the molecule is CC1=NN(c2ccc(F)cc2)C(=O)C1C/C(=C/c1ccc([N+](=O)[O-])cc1)C(=O)O. The van der Waals surface area contributed by atoms with Gasteiger partial charge in [-0.3, -0.25) is 14.9 Å². The Morgan fingerprint density at radius 3 is 2.41 bits per heavy atom. The van der Waals surface area contributed by atoms with Crippen LogP contribution in [0.1, 0.15) is 18.9 Å². The molecular weight excluding hydrogens is 381 g/mol. The Bertz CT molecular complexity index is 1030. The van der Waals surface area contributed by atoms with Crippen LogP contribution < -0.4 is 5.01 Å². The van der Waals surface area contributed by atoms with Gasteiger partial charge < -0.3 is 5.11 Å². The second kappa shape index (κ2) is 8.01. The molecule has 0 saturated carbocycles. The lowest BCUT2D eigenvalue weighted by Crippen LogP contribution is -2.28. The number of benzene rings is 2. The minimum absolute atomic E-state index is 0.0345. The van der Waals surface area contributed by atoms with Crippen molar-refractivity contribution < 1.29 is 24.0 Å². The van der Waals surface area contributed by atoms with Crippen molar-refractivity contribution in [3.05, 3.63) is 75.6 Å². The Morgan fingerprint density at radius 1 is 1.24 bits per heavy atom. The van der Waals surface area contributed by atoms with Gasteiger partial charge in [0.25, 0.3) is 11.6 Å². The zero-order valence-electron chi connectivity index (χ0n) is 15.3. The molecule has 148 valence electrons. The molecule has 1 heterocycles. The maximum atomic E-state index is 13.1. The molecule has 0 fully saturated rings. The molecule has 9 heteroatoms. The number of halogens is 1. The van der Waals surface area contributed by atoms with Crippen molar-refractivity contribution in [3.63, 3.8) is 0 Å². The van der Waals surface area contributed by atoms with Crippen LogP contribution in [0.3, 0.4) is 0 Å². The summed E-state index contributed by atoms with van der Waals surface area (Å²) in [6.45, 7) is 1.62. The number of non-ortho nitro benzene ring substituents is 1. The van der Waals surface area contributed by atoms with Crippen molar-refractivity contribution >= 4 is 35.0 Å². The molecule has 3 rings (SSSR count). The number of rotatable bonds is 6. The first-order chi connectivity index (χ1) is 13.8. The fraction of sp³-hybridized carbons (Fsp3) is 0.150. The van der Waals surface area contributed by atoms with Gasteiger partial charge in [0.05, 0.1) is 16.5 Å². The third-order valence-electron chi connectivity index (χ3n) is 4.48. The third kappa shape index (κ3) is 4.34. The Kier molecular flexibility index (Phi) is 5.49. The molecule has 0 saturated heterocycles. The summed E-state index contributed by atoms with van der Waals surface area (Å²) in [5.41, 5.74) is 1.14. The first-order valence-electron chi connectivity index (χ1n) is 8.59. The predicted molar refractivity (Wildman–Crippen MR) is 104 cm³/mol. The summed E-state index contributed by atoms with van der Waals surface area (Å²) in [5, 5.41) is 25.6. The summed E-state index contributed by atoms with van der Waals surface area (Å²) in [6, 6.07) is 10.7. The number of amides is 1. The third-order valence-corrected chi connectivity index (χ3v) is 4.48. The number of carbonyl (C=O) groups is 2. The Hall–Kier alpha value is -3.88. The van der Waals surface area contributed by atoms with E-state index in [2.05, 4.69) is 5.10 Å². The number of carbonyl (C=O) groups excluding carboxylic acids is 1. The average molecular weight is 397 g/mol. The van der Waals surface area contributed by atoms with Gasteiger partial charge in [0.1, 0.15) is 5.82 Å². The average Bonchev–Trinajstić information content (AvgIpc) is 2.96. The van der Waals surface area contributed by atoms with Crippen LogP contribution in [0, 0.1) is 21.8 Å². The van der Waals surface area contributed by atoms with E-state index in [9.17, 15) is 29.2 Å². The lowest BCUT2D eigenvalue weighted by Gasteiger charge is -2.14. The number of aliphatic carboxylic acids is 1. The van der Waals surface area contributed by atoms with Gasteiger partial charge in [0.15, 0.2) is 0 Å². The molecule has 2 aromatic carbocycles. The predicted octanol–water partition coefficient (Wildman–Crippen LogP) is 3.63. The van der Waals surface area contributed by atoms with Gasteiger partial charge in [-0.25, -0.2) is 14.2 Å². The molecule has 1 aliphatic heterocycles. The molecule has 1 unspecified atom stereocenters. The standard InChI is InChI=1S/C20H16FN3O5/c1-12-18(19(25)23(22-12)16-8-4-15(21)5-9-16)11-14(20(26)27)10-13-2-6-17(7-3-13)24(28)29/h2-10,18H,11H2,1H3,(H,26,27)/b14-10-. The smallest absolute Gasteiger partial charge is 0.331 e. The Labute approximate surface area is 164 Å². The van der Waals surface area contributed by atoms with Crippen LogP contribution in [0.2, 0.25) is 0 Å². The zero-order chi connectivity index (χ0) is 21.1. The fourth-order valence-corrected chi connectivity index (χ4v) is 2.93. The van der Waals surface area contributed by atoms with Crippen molar-refractivity contribution in [3.8, 4) is 0 Å². The van der Waals surface area contributed by atoms with Gasteiger partial charge >= 0.3 is 5.97 Å². The number of nitro benzene ring substituents is 1. The van der Waals surface area contributed by atoms with Crippen LogP contribution in [-0.2, 0) is 9.59 Å². The number of anilines is 1. The molecular formula is C20H16FN3O5. The van der Waals surface area contributed by atoms with Crippen LogP contribution in [0.4, 0.5) is 15.8 Å². The van der Waals surface area contributed by atoms with Gasteiger partial charge in [-0.05, 0) is 61.4 Å². The Morgan fingerprint density at radius 2 is 1.86 bits per heavy atom. The van der Waals surface area contributed by atoms with Crippen LogP contribution in [0.25, 0.3) is 6.08 Å². The molecule has 0 bridgehead atoms. The molecule has 1 aliphatic rings. The summed E-state index contributed by atoms with van der Waals surface area (Å²) in [5.74, 6) is -2.84. The van der Waals surface area contributed by atoms with Crippen LogP contribution in [0.5, 0.6) is 0 Å². The minimum atomic E-state index is -1.20. The summed E-state index contributed by atoms with van der Waals surface area (Å²) in [7, 11) is 0. The zero-order valence-corrected chi connectivity index (χ0v) is 15.3. The number of hydrazone groups is 1. The molecule has 1 N–H and O–H groups in total. The van der Waals surface area contributed by atoms with E-state index in [1.54, 1.807) is 6.92 Å². The quantitative estimate of drug-likeness (QED) is 0.454. The summed E-state index contributed by atoms with van der Waals surface area (Å²) >= 11 is 0. The maximum Gasteiger partial charge on any atom is 0.331 e. The lowest BCUT2D eigenvalue weighted by atomic mass is 9.94. The van der Waals surface area contributed by atoms with E-state index >= 15 is 0 Å². The van der Waals surface area contributed by atoms with E-state index in [1.807, 2.05) is 0 Å². The number of carboxylic acid groups (broad SMARTS) is 1. The second-order valence-electron chi connectivity index (χ2n) is 6.45. The van der Waals surface area contributed by atoms with E-state index < -0.39 is 28.5 Å². The number of hydrogen-bond acceptors (Lipinski definition) is 5. The van der Waals surface area contributed by atoms with Crippen molar-refractivity contribution in [1.82, 2.24) is 0 Å². The molecule has 29 heavy (non-hydrogen) atoms. The van der Waals surface area contributed by atoms with Crippen molar-refractivity contribution in [2.75, 3.05) is 5.01 Å². The second-order valence-corrected chi connectivity index (χ2v) is 6.45. The summed E-state index contributed by atoms with van der Waals surface area (Å²) < 4.78 is 13.1. The molecule has 0 spiro atoms. The highest BCUT2D eigenvalue weighted by Crippen LogP contribution is 2.28. The van der Waals surface area contributed by atoms with E-state index in [0.29, 0.717) is 17.0 Å². The minimum Gasteiger partial charge on any atom is -0.478 e. The Balaban J connectivity index is 1.82. The van der Waals surface area contributed by atoms with Gasteiger partial charge in [-0.15, -0.1) is 0 Å². The normalized spacial score (nSPS) is 16.7. The van der Waals surface area contributed by atoms with Gasteiger partial charge in [-0.1, -0.05) is 0 Å². The lowest BCUT2D eigenvalue weighted by molar-refractivity contribution is -0.384. The molecule has 1 amide bonds. The van der Waals surface area contributed by atoms with Crippen LogP contribution >= 0.6 is 0 Å². The number of carboxylic acids is 1. The van der Waals surface area contributed by atoms with E-state index in [0.717, 1.165) is 5.01 Å². The van der Waals surface area contributed by atoms with E-state index in [4.69, 9.17) is 0 Å². The summed E-state index contributed by atoms with van der Waals surface area (Å²) in [6.07, 6.45) is 1.27. The number of nitro groups is 1. The van der Waals surface area contributed by atoms with Gasteiger partial charge in [0.2, 0.25) is 0 Å². The first-order valence-corrected chi connectivity index (χ1v) is 8.59. The monoisotopic (exact) mass is 397 g/mol. The van der Waals surface area contributed by atoms with Gasteiger partial charge in [0, 0.05) is 23.4 Å². The molecule has 0 aromatic heterocycles. The van der Waals surface area contributed by atoms with Gasteiger partial charge in [-0.2, -0.15) is 5.10 Å². The highest BCUT2D eigenvalue weighted by molar-refractivity contribution is 6.15. The topological polar surface area (TPSA) is 113 Å². The van der Waals surface area contributed by atoms with E-state index in [-0.39, 0.29) is 17.7 Å².